The van der Waals surface area contributed by atoms with E-state index in [-0.39, 0.29) is 0 Å². The highest BCUT2D eigenvalue weighted by molar-refractivity contribution is 5.98. The molecule has 4 nitrogen and oxygen atoms in total. The lowest BCUT2D eigenvalue weighted by Gasteiger charge is -2.39. The van der Waals surface area contributed by atoms with Crippen molar-refractivity contribution in [1.82, 2.24) is 9.88 Å². The van der Waals surface area contributed by atoms with E-state index < -0.39 is 0 Å². The van der Waals surface area contributed by atoms with Crippen LogP contribution in [0, 0.1) is 0 Å². The maximum Gasteiger partial charge on any atom is 0.0632 e. The van der Waals surface area contributed by atoms with Crippen LogP contribution in [0.2, 0.25) is 0 Å². The van der Waals surface area contributed by atoms with Crippen molar-refractivity contribution in [2.45, 2.75) is 26.3 Å². The van der Waals surface area contributed by atoms with Gasteiger partial charge in [-0.05, 0) is 25.5 Å². The Morgan fingerprint density at radius 3 is 2.67 bits per heavy atom. The summed E-state index contributed by atoms with van der Waals surface area (Å²) in [5.41, 5.74) is 8.43. The Bertz CT molecular complexity index is 617. The molecule has 0 aliphatic carbocycles. The lowest BCUT2D eigenvalue weighted by molar-refractivity contribution is 0.193. The van der Waals surface area contributed by atoms with Gasteiger partial charge in [0.05, 0.1) is 11.4 Å². The van der Waals surface area contributed by atoms with E-state index in [1.807, 2.05) is 18.5 Å². The van der Waals surface area contributed by atoms with E-state index in [2.05, 4.69) is 40.8 Å². The number of nitrogens with two attached hydrogens (primary N) is 1. The molecule has 3 rings (SSSR count). The van der Waals surface area contributed by atoms with Crippen LogP contribution in [0.4, 0.5) is 11.4 Å². The van der Waals surface area contributed by atoms with Gasteiger partial charge in [-0.2, -0.15) is 0 Å². The number of piperazine rings is 1. The number of hydrogen-bond acceptors (Lipinski definition) is 4. The van der Waals surface area contributed by atoms with Gasteiger partial charge in [0, 0.05) is 55.4 Å². The summed E-state index contributed by atoms with van der Waals surface area (Å²) >= 11 is 0. The zero-order chi connectivity index (χ0) is 14.8. The average molecular weight is 284 g/mol. The molecule has 1 fully saturated rings. The topological polar surface area (TPSA) is 45.4 Å². The molecule has 4 heteroatoms. The molecule has 0 radical (unpaired) electrons. The van der Waals surface area contributed by atoms with E-state index in [1.165, 1.54) is 6.42 Å². The summed E-state index contributed by atoms with van der Waals surface area (Å²) in [5.74, 6) is 0. The Hall–Kier alpha value is -1.81. The third-order valence-corrected chi connectivity index (χ3v) is 4.71. The highest BCUT2D eigenvalue weighted by Gasteiger charge is 2.21. The number of nitrogens with zero attached hydrogens (tertiary/aromatic N) is 3. The molecule has 21 heavy (non-hydrogen) atoms. The van der Waals surface area contributed by atoms with Crippen LogP contribution < -0.4 is 10.6 Å². The molecule has 1 aromatic heterocycles. The quantitative estimate of drug-likeness (QED) is 0.880. The molecule has 0 spiro atoms. The first-order valence-electron chi connectivity index (χ1n) is 7.82. The molecule has 1 saturated heterocycles. The molecule has 0 amide bonds. The Kier molecular flexibility index (Phi) is 3.97. The van der Waals surface area contributed by atoms with Gasteiger partial charge in [-0.15, -0.1) is 0 Å². The number of rotatable bonds is 3. The molecule has 112 valence electrons. The third kappa shape index (κ3) is 2.68. The number of aromatic nitrogens is 1. The van der Waals surface area contributed by atoms with Crippen LogP contribution in [0.1, 0.15) is 20.3 Å². The summed E-state index contributed by atoms with van der Waals surface area (Å²) in [7, 11) is 0. The summed E-state index contributed by atoms with van der Waals surface area (Å²) in [6, 6.07) is 6.93. The summed E-state index contributed by atoms with van der Waals surface area (Å²) in [6.07, 6.45) is 4.89. The molecule has 1 atom stereocenters. The predicted octanol–water partition coefficient (Wildman–Crippen LogP) is 2.74. The molecule has 2 N–H and O–H groups in total. The first-order valence-corrected chi connectivity index (χ1v) is 7.82. The largest absolute Gasteiger partial charge is 0.397 e. The highest BCUT2D eigenvalue weighted by Crippen LogP contribution is 2.31. The molecule has 1 aliphatic heterocycles. The normalized spacial score (nSPS) is 18.1. The standard InChI is InChI=1S/C17H24N4/c1-3-13(2)20-8-10-21(11-9-20)16-5-4-14-12-19-7-6-15(14)17(16)18/h4-7,12-13H,3,8-11,18H2,1-2H3. The molecule has 0 saturated carbocycles. The van der Waals surface area contributed by atoms with E-state index in [1.54, 1.807) is 0 Å². The fourth-order valence-electron chi connectivity index (χ4n) is 3.12. The monoisotopic (exact) mass is 284 g/mol. The van der Waals surface area contributed by atoms with Crippen molar-refractivity contribution < 1.29 is 0 Å². The lowest BCUT2D eigenvalue weighted by atomic mass is 10.1. The second-order valence-corrected chi connectivity index (χ2v) is 5.88. The fraction of sp³-hybridized carbons (Fsp3) is 0.471. The highest BCUT2D eigenvalue weighted by atomic mass is 15.3. The van der Waals surface area contributed by atoms with Gasteiger partial charge in [-0.3, -0.25) is 9.88 Å². The number of pyridine rings is 1. The summed E-state index contributed by atoms with van der Waals surface area (Å²) < 4.78 is 0. The fourth-order valence-corrected chi connectivity index (χ4v) is 3.12. The van der Waals surface area contributed by atoms with E-state index in [0.717, 1.165) is 48.3 Å². The molecule has 1 aliphatic rings. The van der Waals surface area contributed by atoms with Gasteiger partial charge in [0.1, 0.15) is 0 Å². The van der Waals surface area contributed by atoms with Crippen molar-refractivity contribution in [2.75, 3.05) is 36.8 Å². The van der Waals surface area contributed by atoms with Crippen molar-refractivity contribution in [2.24, 2.45) is 0 Å². The molecule has 0 bridgehead atoms. The van der Waals surface area contributed by atoms with Gasteiger partial charge in [-0.25, -0.2) is 0 Å². The van der Waals surface area contributed by atoms with Gasteiger partial charge in [0.25, 0.3) is 0 Å². The number of benzene rings is 1. The van der Waals surface area contributed by atoms with Gasteiger partial charge in [-0.1, -0.05) is 13.0 Å². The van der Waals surface area contributed by atoms with Crippen molar-refractivity contribution in [3.05, 3.63) is 30.6 Å². The van der Waals surface area contributed by atoms with E-state index in [9.17, 15) is 0 Å². The van der Waals surface area contributed by atoms with Crippen LogP contribution in [-0.4, -0.2) is 42.1 Å². The van der Waals surface area contributed by atoms with Crippen molar-refractivity contribution in [3.63, 3.8) is 0 Å². The Morgan fingerprint density at radius 2 is 1.95 bits per heavy atom. The van der Waals surface area contributed by atoms with Gasteiger partial charge in [0.2, 0.25) is 0 Å². The smallest absolute Gasteiger partial charge is 0.0632 e. The SMILES string of the molecule is CCC(C)N1CCN(c2ccc3cnccc3c2N)CC1. The van der Waals surface area contributed by atoms with Crippen LogP contribution >= 0.6 is 0 Å². The summed E-state index contributed by atoms with van der Waals surface area (Å²) in [4.78, 5) is 9.14. The van der Waals surface area contributed by atoms with Gasteiger partial charge >= 0.3 is 0 Å². The minimum atomic E-state index is 0.673. The second-order valence-electron chi connectivity index (χ2n) is 5.88. The average Bonchev–Trinajstić information content (AvgIpc) is 2.55. The molecule has 2 aromatic rings. The molecule has 1 unspecified atom stereocenters. The minimum absolute atomic E-state index is 0.673. The first kappa shape index (κ1) is 14.1. The van der Waals surface area contributed by atoms with Crippen LogP contribution in [-0.2, 0) is 0 Å². The number of hydrogen-bond donors (Lipinski definition) is 1. The van der Waals surface area contributed by atoms with Crippen LogP contribution in [0.3, 0.4) is 0 Å². The maximum absolute atomic E-state index is 6.39. The van der Waals surface area contributed by atoms with Gasteiger partial charge in [0.15, 0.2) is 0 Å². The van der Waals surface area contributed by atoms with Crippen molar-refractivity contribution in [1.29, 1.82) is 0 Å². The molecule has 2 heterocycles. The number of nitrogen functional groups attached to an aromatic ring is 1. The van der Waals surface area contributed by atoms with E-state index in [4.69, 9.17) is 5.73 Å². The molecular formula is C17H24N4. The van der Waals surface area contributed by atoms with Crippen LogP contribution in [0.15, 0.2) is 30.6 Å². The zero-order valence-electron chi connectivity index (χ0n) is 12.9. The number of anilines is 2. The van der Waals surface area contributed by atoms with Crippen molar-refractivity contribution >= 4 is 22.1 Å². The summed E-state index contributed by atoms with van der Waals surface area (Å²) in [6.45, 7) is 8.89. The van der Waals surface area contributed by atoms with Gasteiger partial charge < -0.3 is 10.6 Å². The maximum atomic E-state index is 6.39. The Balaban J connectivity index is 1.81. The first-order chi connectivity index (χ1) is 10.2. The van der Waals surface area contributed by atoms with Crippen LogP contribution in [0.5, 0.6) is 0 Å². The van der Waals surface area contributed by atoms with Crippen molar-refractivity contribution in [3.8, 4) is 0 Å². The third-order valence-electron chi connectivity index (χ3n) is 4.71. The zero-order valence-corrected chi connectivity index (χ0v) is 12.9. The molecular weight excluding hydrogens is 260 g/mol. The predicted molar refractivity (Wildman–Crippen MR) is 89.7 cm³/mol. The summed E-state index contributed by atoms with van der Waals surface area (Å²) in [5, 5.41) is 2.21. The van der Waals surface area contributed by atoms with Crippen LogP contribution in [0.25, 0.3) is 10.8 Å². The Labute approximate surface area is 126 Å². The number of fused-ring (bicyclic) bond motifs is 1. The lowest BCUT2D eigenvalue weighted by Crippen LogP contribution is -2.49. The second kappa shape index (κ2) is 5.90. The minimum Gasteiger partial charge on any atom is -0.397 e. The van der Waals surface area contributed by atoms with E-state index >= 15 is 0 Å². The molecule has 1 aromatic carbocycles. The Morgan fingerprint density at radius 1 is 1.19 bits per heavy atom. The van der Waals surface area contributed by atoms with E-state index in [0.29, 0.717) is 6.04 Å².